The molecule has 1 aromatic heterocycles. The van der Waals surface area contributed by atoms with Crippen LogP contribution in [0.3, 0.4) is 0 Å². The zero-order valence-corrected chi connectivity index (χ0v) is 10.0. The van der Waals surface area contributed by atoms with Crippen molar-refractivity contribution in [3.63, 3.8) is 0 Å². The van der Waals surface area contributed by atoms with Gasteiger partial charge in [0.25, 0.3) is 0 Å². The van der Waals surface area contributed by atoms with Crippen LogP contribution in [0.15, 0.2) is 4.79 Å². The topological polar surface area (TPSA) is 61.2 Å². The summed E-state index contributed by atoms with van der Waals surface area (Å²) in [6.45, 7) is 3.36. The Hall–Kier alpha value is -1.65. The number of hydrogen-bond acceptors (Lipinski definition) is 4. The Morgan fingerprint density at radius 3 is 2.62 bits per heavy atom. The molecular formula is C11H16N2O3. The van der Waals surface area contributed by atoms with Gasteiger partial charge < -0.3 is 9.53 Å². The lowest BCUT2D eigenvalue weighted by Gasteiger charge is -2.12. The third-order valence-corrected chi connectivity index (χ3v) is 2.60. The van der Waals surface area contributed by atoms with E-state index in [1.807, 2.05) is 6.92 Å². The molecule has 0 bridgehead atoms. The van der Waals surface area contributed by atoms with Crippen LogP contribution in [0.5, 0.6) is 5.88 Å². The molecule has 88 valence electrons. The number of carbonyl (C=O) groups excluding carboxylic acids is 1. The second-order valence-corrected chi connectivity index (χ2v) is 3.73. The van der Waals surface area contributed by atoms with Crippen molar-refractivity contribution in [3.8, 4) is 5.88 Å². The summed E-state index contributed by atoms with van der Waals surface area (Å²) in [6.07, 6.45) is 0.975. The van der Waals surface area contributed by atoms with Gasteiger partial charge in [-0.05, 0) is 20.3 Å². The molecule has 16 heavy (non-hydrogen) atoms. The number of methoxy groups -OCH3 is 1. The Bertz CT molecular complexity index is 463. The van der Waals surface area contributed by atoms with Gasteiger partial charge in [0.1, 0.15) is 5.78 Å². The lowest BCUT2D eigenvalue weighted by Crippen LogP contribution is -2.24. The summed E-state index contributed by atoms with van der Waals surface area (Å²) in [5.74, 6) is 0.428. The van der Waals surface area contributed by atoms with Crippen molar-refractivity contribution in [3.05, 3.63) is 21.7 Å². The van der Waals surface area contributed by atoms with Gasteiger partial charge in [0.05, 0.1) is 7.11 Å². The van der Waals surface area contributed by atoms with Crippen LogP contribution in [-0.2, 0) is 18.3 Å². The van der Waals surface area contributed by atoms with Crippen molar-refractivity contribution < 1.29 is 9.53 Å². The number of carbonyl (C=O) groups is 1. The molecule has 0 N–H and O–H groups in total. The molecule has 0 aromatic carbocycles. The normalized spacial score (nSPS) is 10.2. The molecule has 0 spiro atoms. The summed E-state index contributed by atoms with van der Waals surface area (Å²) in [6, 6.07) is 0. The summed E-state index contributed by atoms with van der Waals surface area (Å²) in [7, 11) is 3.12. The van der Waals surface area contributed by atoms with Gasteiger partial charge in [0, 0.05) is 24.7 Å². The van der Waals surface area contributed by atoms with E-state index in [4.69, 9.17) is 4.74 Å². The van der Waals surface area contributed by atoms with Crippen molar-refractivity contribution in [2.45, 2.75) is 26.7 Å². The molecule has 0 aliphatic carbocycles. The minimum atomic E-state index is -0.346. The first-order chi connectivity index (χ1) is 7.47. The van der Waals surface area contributed by atoms with Crippen LogP contribution < -0.4 is 10.4 Å². The van der Waals surface area contributed by atoms with E-state index in [0.717, 1.165) is 11.3 Å². The summed E-state index contributed by atoms with van der Waals surface area (Å²) in [4.78, 5) is 26.2. The van der Waals surface area contributed by atoms with E-state index in [0.29, 0.717) is 18.7 Å². The molecule has 0 atom stereocenters. The van der Waals surface area contributed by atoms with Crippen molar-refractivity contribution >= 4 is 5.78 Å². The molecule has 0 saturated carbocycles. The maximum absolute atomic E-state index is 11.4. The van der Waals surface area contributed by atoms with Gasteiger partial charge in [-0.2, -0.15) is 4.98 Å². The van der Waals surface area contributed by atoms with Crippen molar-refractivity contribution in [2.24, 2.45) is 7.05 Å². The van der Waals surface area contributed by atoms with E-state index >= 15 is 0 Å². The maximum atomic E-state index is 11.4. The van der Waals surface area contributed by atoms with E-state index in [9.17, 15) is 9.59 Å². The zero-order chi connectivity index (χ0) is 12.3. The summed E-state index contributed by atoms with van der Waals surface area (Å²) in [5, 5.41) is 0. The standard InChI is InChI=1S/C11H16N2O3/c1-7(14)5-6-9-8(2)13(3)11(15)12-10(9)16-4/h5-6H2,1-4H3. The Labute approximate surface area is 94.1 Å². The SMILES string of the molecule is COc1nc(=O)n(C)c(C)c1CCC(C)=O. The van der Waals surface area contributed by atoms with Crippen molar-refractivity contribution in [1.82, 2.24) is 9.55 Å². The van der Waals surface area contributed by atoms with Crippen LogP contribution in [0.4, 0.5) is 0 Å². The zero-order valence-electron chi connectivity index (χ0n) is 10.0. The van der Waals surface area contributed by atoms with E-state index in [2.05, 4.69) is 4.98 Å². The molecule has 0 aliphatic rings. The summed E-state index contributed by atoms with van der Waals surface area (Å²) < 4.78 is 6.51. The Morgan fingerprint density at radius 2 is 2.12 bits per heavy atom. The fraction of sp³-hybridized carbons (Fsp3) is 0.545. The van der Waals surface area contributed by atoms with E-state index in [1.54, 1.807) is 7.05 Å². The van der Waals surface area contributed by atoms with Gasteiger partial charge in [-0.15, -0.1) is 0 Å². The van der Waals surface area contributed by atoms with Crippen LogP contribution in [0.1, 0.15) is 24.6 Å². The fourth-order valence-electron chi connectivity index (χ4n) is 1.49. The average Bonchev–Trinajstić information content (AvgIpc) is 2.23. The van der Waals surface area contributed by atoms with E-state index in [-0.39, 0.29) is 11.5 Å². The molecule has 0 fully saturated rings. The second-order valence-electron chi connectivity index (χ2n) is 3.73. The highest BCUT2D eigenvalue weighted by Crippen LogP contribution is 2.18. The smallest absolute Gasteiger partial charge is 0.350 e. The number of nitrogens with zero attached hydrogens (tertiary/aromatic N) is 2. The molecule has 5 nitrogen and oxygen atoms in total. The average molecular weight is 224 g/mol. The lowest BCUT2D eigenvalue weighted by atomic mass is 10.1. The number of hydrogen-bond donors (Lipinski definition) is 0. The first-order valence-electron chi connectivity index (χ1n) is 5.07. The molecule has 1 aromatic rings. The predicted molar refractivity (Wildman–Crippen MR) is 59.8 cm³/mol. The molecule has 0 radical (unpaired) electrons. The van der Waals surface area contributed by atoms with Gasteiger partial charge >= 0.3 is 5.69 Å². The lowest BCUT2D eigenvalue weighted by molar-refractivity contribution is -0.116. The van der Waals surface area contributed by atoms with Crippen LogP contribution in [-0.4, -0.2) is 22.4 Å². The Kier molecular flexibility index (Phi) is 3.82. The minimum Gasteiger partial charge on any atom is -0.481 e. The first kappa shape index (κ1) is 12.4. The second kappa shape index (κ2) is 4.92. The molecule has 1 rings (SSSR count). The van der Waals surface area contributed by atoms with Gasteiger partial charge in [-0.3, -0.25) is 4.57 Å². The number of ether oxygens (including phenoxy) is 1. The van der Waals surface area contributed by atoms with Crippen LogP contribution in [0.2, 0.25) is 0 Å². The van der Waals surface area contributed by atoms with Crippen LogP contribution in [0, 0.1) is 6.92 Å². The molecular weight excluding hydrogens is 208 g/mol. The van der Waals surface area contributed by atoms with Gasteiger partial charge in [-0.25, -0.2) is 4.79 Å². The van der Waals surface area contributed by atoms with Crippen LogP contribution >= 0.6 is 0 Å². The Balaban J connectivity index is 3.19. The van der Waals surface area contributed by atoms with E-state index < -0.39 is 0 Å². The predicted octanol–water partition coefficient (Wildman–Crippen LogP) is 0.619. The molecule has 0 amide bonds. The van der Waals surface area contributed by atoms with Gasteiger partial charge in [0.2, 0.25) is 5.88 Å². The third-order valence-electron chi connectivity index (χ3n) is 2.60. The number of Topliss-reactive ketones (excluding diaryl/α,β-unsaturated/α-hetero) is 1. The Morgan fingerprint density at radius 1 is 1.50 bits per heavy atom. The van der Waals surface area contributed by atoms with Gasteiger partial charge in [-0.1, -0.05) is 0 Å². The molecule has 5 heteroatoms. The highest BCUT2D eigenvalue weighted by molar-refractivity contribution is 5.75. The monoisotopic (exact) mass is 224 g/mol. The van der Waals surface area contributed by atoms with Gasteiger partial charge in [0.15, 0.2) is 0 Å². The summed E-state index contributed by atoms with van der Waals surface area (Å²) >= 11 is 0. The highest BCUT2D eigenvalue weighted by atomic mass is 16.5. The maximum Gasteiger partial charge on any atom is 0.350 e. The molecule has 1 heterocycles. The largest absolute Gasteiger partial charge is 0.481 e. The molecule has 0 aliphatic heterocycles. The number of rotatable bonds is 4. The first-order valence-corrected chi connectivity index (χ1v) is 5.07. The number of aromatic nitrogens is 2. The minimum absolute atomic E-state index is 0.107. The quantitative estimate of drug-likeness (QED) is 0.752. The van der Waals surface area contributed by atoms with Crippen molar-refractivity contribution in [1.29, 1.82) is 0 Å². The van der Waals surface area contributed by atoms with E-state index in [1.165, 1.54) is 18.6 Å². The van der Waals surface area contributed by atoms with Crippen LogP contribution in [0.25, 0.3) is 0 Å². The highest BCUT2D eigenvalue weighted by Gasteiger charge is 2.13. The molecule has 0 saturated heterocycles. The summed E-state index contributed by atoms with van der Waals surface area (Å²) in [5.41, 5.74) is 1.26. The third kappa shape index (κ3) is 2.48. The fourth-order valence-corrected chi connectivity index (χ4v) is 1.49. The number of ketones is 1. The van der Waals surface area contributed by atoms with Crippen molar-refractivity contribution in [2.75, 3.05) is 7.11 Å². The molecule has 0 unspecified atom stereocenters.